The molecule has 110 valence electrons. The normalized spacial score (nSPS) is 13.5. The summed E-state index contributed by atoms with van der Waals surface area (Å²) in [4.78, 5) is 10.4. The summed E-state index contributed by atoms with van der Waals surface area (Å²) < 4.78 is 26.1. The Morgan fingerprint density at radius 3 is 2.45 bits per heavy atom. The third-order valence-corrected chi connectivity index (χ3v) is 4.03. The molecule has 1 aromatic rings. The number of aliphatic hydroxyl groups is 1. The molecule has 1 aromatic carbocycles. The molecule has 3 N–H and O–H groups in total. The predicted octanol–water partition coefficient (Wildman–Crippen LogP) is 0.834. The van der Waals surface area contributed by atoms with E-state index in [-0.39, 0.29) is 11.4 Å². The summed E-state index contributed by atoms with van der Waals surface area (Å²) in [6, 6.07) is 5.76. The summed E-state index contributed by atoms with van der Waals surface area (Å²) in [5.74, 6) is -1.07. The minimum atomic E-state index is -3.66. The Hall–Kier alpha value is -1.70. The quantitative estimate of drug-likeness (QED) is 0.647. The van der Waals surface area contributed by atoms with Crippen molar-refractivity contribution in [2.75, 3.05) is 6.54 Å². The van der Waals surface area contributed by atoms with Gasteiger partial charge < -0.3 is 10.2 Å². The number of carboxylic acid groups (broad SMARTS) is 1. The molecule has 1 unspecified atom stereocenters. The zero-order chi connectivity index (χ0) is 15.2. The van der Waals surface area contributed by atoms with E-state index >= 15 is 0 Å². The van der Waals surface area contributed by atoms with Gasteiger partial charge in [0.1, 0.15) is 0 Å². The number of aliphatic hydroxyl groups excluding tert-OH is 1. The lowest BCUT2D eigenvalue weighted by Crippen LogP contribution is -2.31. The standard InChI is InChI=1S/C13H17NO5S/c1-2-11(15)9-14-20(18,19)12-6-3-10(4-7-12)5-8-13(16)17/h3-8,11,14-15H,2,9H2,1H3,(H,16,17)/b8-5+. The van der Waals surface area contributed by atoms with Crippen molar-refractivity contribution in [3.63, 3.8) is 0 Å². The lowest BCUT2D eigenvalue weighted by molar-refractivity contribution is -0.131. The van der Waals surface area contributed by atoms with E-state index in [9.17, 15) is 18.3 Å². The van der Waals surface area contributed by atoms with Gasteiger partial charge in [-0.3, -0.25) is 0 Å². The maximum absolute atomic E-state index is 11.9. The number of carboxylic acids is 1. The highest BCUT2D eigenvalue weighted by atomic mass is 32.2. The number of hydrogen-bond donors (Lipinski definition) is 3. The molecule has 0 heterocycles. The van der Waals surface area contributed by atoms with Crippen molar-refractivity contribution in [2.45, 2.75) is 24.3 Å². The SMILES string of the molecule is CCC(O)CNS(=O)(=O)c1ccc(/C=C/C(=O)O)cc1. The van der Waals surface area contributed by atoms with Crippen LogP contribution in [0.25, 0.3) is 6.08 Å². The lowest BCUT2D eigenvalue weighted by Gasteiger charge is -2.10. The van der Waals surface area contributed by atoms with Gasteiger partial charge in [0.25, 0.3) is 0 Å². The van der Waals surface area contributed by atoms with E-state index in [0.717, 1.165) is 6.08 Å². The lowest BCUT2D eigenvalue weighted by atomic mass is 10.2. The van der Waals surface area contributed by atoms with Crippen LogP contribution in [0.5, 0.6) is 0 Å². The van der Waals surface area contributed by atoms with Crippen LogP contribution in [0.4, 0.5) is 0 Å². The maximum Gasteiger partial charge on any atom is 0.328 e. The van der Waals surface area contributed by atoms with Crippen LogP contribution in [0.3, 0.4) is 0 Å². The van der Waals surface area contributed by atoms with E-state index in [2.05, 4.69) is 4.72 Å². The second kappa shape index (κ2) is 7.18. The Morgan fingerprint density at radius 2 is 1.95 bits per heavy atom. The van der Waals surface area contributed by atoms with Crippen LogP contribution in [0, 0.1) is 0 Å². The molecular formula is C13H17NO5S. The number of aliphatic carboxylic acids is 1. The number of nitrogens with one attached hydrogen (secondary N) is 1. The van der Waals surface area contributed by atoms with Gasteiger partial charge >= 0.3 is 5.97 Å². The summed E-state index contributed by atoms with van der Waals surface area (Å²) in [6.07, 6.45) is 2.08. The van der Waals surface area contributed by atoms with Gasteiger partial charge in [0.2, 0.25) is 10.0 Å². The number of sulfonamides is 1. The van der Waals surface area contributed by atoms with Crippen LogP contribution in [-0.2, 0) is 14.8 Å². The third-order valence-electron chi connectivity index (χ3n) is 2.59. The fourth-order valence-electron chi connectivity index (χ4n) is 1.36. The highest BCUT2D eigenvalue weighted by Crippen LogP contribution is 2.11. The summed E-state index contributed by atoms with van der Waals surface area (Å²) in [5, 5.41) is 17.8. The molecule has 1 rings (SSSR count). The Bertz CT molecular complexity index is 577. The van der Waals surface area contributed by atoms with E-state index in [0.29, 0.717) is 12.0 Å². The first-order valence-electron chi connectivity index (χ1n) is 6.04. The van der Waals surface area contributed by atoms with Crippen molar-refractivity contribution in [2.24, 2.45) is 0 Å². The number of hydrogen-bond acceptors (Lipinski definition) is 4. The van der Waals surface area contributed by atoms with Gasteiger partial charge in [-0.1, -0.05) is 19.1 Å². The van der Waals surface area contributed by atoms with E-state index in [1.165, 1.54) is 30.3 Å². The fourth-order valence-corrected chi connectivity index (χ4v) is 2.43. The Kier molecular flexibility index (Phi) is 5.87. The van der Waals surface area contributed by atoms with Crippen LogP contribution in [0.1, 0.15) is 18.9 Å². The zero-order valence-electron chi connectivity index (χ0n) is 11.0. The minimum absolute atomic E-state index is 0.0422. The minimum Gasteiger partial charge on any atom is -0.478 e. The first-order chi connectivity index (χ1) is 9.35. The number of rotatable bonds is 7. The molecule has 0 aromatic heterocycles. The van der Waals surface area contributed by atoms with Gasteiger partial charge in [0.15, 0.2) is 0 Å². The Balaban J connectivity index is 2.79. The second-order valence-electron chi connectivity index (χ2n) is 4.15. The molecular weight excluding hydrogens is 282 g/mol. The first-order valence-corrected chi connectivity index (χ1v) is 7.52. The third kappa shape index (κ3) is 5.12. The fraction of sp³-hybridized carbons (Fsp3) is 0.308. The van der Waals surface area contributed by atoms with Crippen LogP contribution >= 0.6 is 0 Å². The first kappa shape index (κ1) is 16.4. The van der Waals surface area contributed by atoms with E-state index in [1.807, 2.05) is 0 Å². The summed E-state index contributed by atoms with van der Waals surface area (Å²) >= 11 is 0. The number of benzene rings is 1. The molecule has 7 heteroatoms. The molecule has 0 saturated carbocycles. The molecule has 0 saturated heterocycles. The van der Waals surface area contributed by atoms with Gasteiger partial charge in [-0.15, -0.1) is 0 Å². The van der Waals surface area contributed by atoms with E-state index in [1.54, 1.807) is 6.92 Å². The maximum atomic E-state index is 11.9. The molecule has 0 spiro atoms. The molecule has 0 aliphatic rings. The van der Waals surface area contributed by atoms with Gasteiger partial charge in [-0.2, -0.15) is 0 Å². The monoisotopic (exact) mass is 299 g/mol. The summed E-state index contributed by atoms with van der Waals surface area (Å²) in [5.41, 5.74) is 0.583. The van der Waals surface area contributed by atoms with Gasteiger partial charge in [0, 0.05) is 12.6 Å². The van der Waals surface area contributed by atoms with Crippen LogP contribution in [0.2, 0.25) is 0 Å². The van der Waals surface area contributed by atoms with Crippen molar-refractivity contribution in [3.05, 3.63) is 35.9 Å². The largest absolute Gasteiger partial charge is 0.478 e. The Morgan fingerprint density at radius 1 is 1.35 bits per heavy atom. The molecule has 0 bridgehead atoms. The molecule has 20 heavy (non-hydrogen) atoms. The van der Waals surface area contributed by atoms with Gasteiger partial charge in [0.05, 0.1) is 11.0 Å². The van der Waals surface area contributed by atoms with E-state index in [4.69, 9.17) is 5.11 Å². The smallest absolute Gasteiger partial charge is 0.328 e. The average Bonchev–Trinajstić information content (AvgIpc) is 2.43. The van der Waals surface area contributed by atoms with Crippen LogP contribution in [0.15, 0.2) is 35.2 Å². The van der Waals surface area contributed by atoms with E-state index < -0.39 is 22.1 Å². The average molecular weight is 299 g/mol. The molecule has 0 fully saturated rings. The highest BCUT2D eigenvalue weighted by Gasteiger charge is 2.14. The molecule has 0 radical (unpaired) electrons. The molecule has 6 nitrogen and oxygen atoms in total. The molecule has 0 aliphatic carbocycles. The molecule has 1 atom stereocenters. The second-order valence-corrected chi connectivity index (χ2v) is 5.92. The number of carbonyl (C=O) groups is 1. The molecule has 0 aliphatic heterocycles. The highest BCUT2D eigenvalue weighted by molar-refractivity contribution is 7.89. The zero-order valence-corrected chi connectivity index (χ0v) is 11.8. The predicted molar refractivity (Wildman–Crippen MR) is 74.6 cm³/mol. The summed E-state index contributed by atoms with van der Waals surface area (Å²) in [6.45, 7) is 1.71. The van der Waals surface area contributed by atoms with Crippen LogP contribution < -0.4 is 4.72 Å². The summed E-state index contributed by atoms with van der Waals surface area (Å²) in [7, 11) is -3.66. The topological polar surface area (TPSA) is 104 Å². The van der Waals surface area contributed by atoms with Crippen molar-refractivity contribution in [1.29, 1.82) is 0 Å². The molecule has 0 amide bonds. The van der Waals surface area contributed by atoms with Gasteiger partial charge in [-0.25, -0.2) is 17.9 Å². The van der Waals surface area contributed by atoms with Crippen molar-refractivity contribution < 1.29 is 23.4 Å². The van der Waals surface area contributed by atoms with Crippen molar-refractivity contribution in [3.8, 4) is 0 Å². The van der Waals surface area contributed by atoms with Crippen LogP contribution in [-0.4, -0.2) is 37.2 Å². The Labute approximate surface area is 117 Å². The van der Waals surface area contributed by atoms with Gasteiger partial charge in [-0.05, 0) is 30.2 Å². The van der Waals surface area contributed by atoms with Crippen molar-refractivity contribution in [1.82, 2.24) is 4.72 Å². The van der Waals surface area contributed by atoms with Crippen molar-refractivity contribution >= 4 is 22.1 Å².